The molecule has 0 aliphatic rings. The molecule has 0 amide bonds. The largest absolute Gasteiger partial charge is 0.309 e. The number of rotatable bonds is 15. The highest BCUT2D eigenvalue weighted by atomic mass is 32.2. The summed E-state index contributed by atoms with van der Waals surface area (Å²) in [5.74, 6) is 0. The standard InChI is InChI=1S/C28H37N3S4/c1-2-3-4-5-6-7-8-9-10-15-20-29(21-30-23-16-11-13-18-25(23)34-27(30)32)22-31-24-17-12-14-19-26(24)35-28(31)33/h11-14,16-19H,2-10,15,20-22H2,1H3. The Morgan fingerprint density at radius 3 is 1.54 bits per heavy atom. The van der Waals surface area contributed by atoms with Gasteiger partial charge in [-0.3, -0.25) is 4.90 Å². The predicted molar refractivity (Wildman–Crippen MR) is 160 cm³/mol. The molecule has 0 aliphatic heterocycles. The van der Waals surface area contributed by atoms with Crippen molar-refractivity contribution in [3.63, 3.8) is 0 Å². The smallest absolute Gasteiger partial charge is 0.163 e. The first-order chi connectivity index (χ1) is 17.2. The minimum atomic E-state index is 0.798. The zero-order valence-electron chi connectivity index (χ0n) is 20.8. The van der Waals surface area contributed by atoms with Crippen molar-refractivity contribution in [2.24, 2.45) is 0 Å². The molecule has 0 saturated heterocycles. The number of unbranched alkanes of at least 4 members (excludes halogenated alkanes) is 9. The quantitative estimate of drug-likeness (QED) is 0.109. The molecule has 0 N–H and O–H groups in total. The van der Waals surface area contributed by atoms with Crippen molar-refractivity contribution in [2.45, 2.75) is 84.5 Å². The second kappa shape index (κ2) is 13.8. The molecule has 4 aromatic rings. The summed E-state index contributed by atoms with van der Waals surface area (Å²) < 4.78 is 8.99. The van der Waals surface area contributed by atoms with Gasteiger partial charge in [-0.1, -0.05) is 89.0 Å². The maximum atomic E-state index is 5.77. The summed E-state index contributed by atoms with van der Waals surface area (Å²) in [5, 5.41) is 0. The average Bonchev–Trinajstić information content (AvgIpc) is 3.35. The lowest BCUT2D eigenvalue weighted by atomic mass is 10.1. The Labute approximate surface area is 228 Å². The van der Waals surface area contributed by atoms with Crippen molar-refractivity contribution in [2.75, 3.05) is 6.54 Å². The topological polar surface area (TPSA) is 13.1 Å². The minimum absolute atomic E-state index is 0.798. The molecule has 3 nitrogen and oxygen atoms in total. The lowest BCUT2D eigenvalue weighted by Crippen LogP contribution is -2.30. The Morgan fingerprint density at radius 1 is 0.629 bits per heavy atom. The van der Waals surface area contributed by atoms with Crippen LogP contribution in [0.1, 0.15) is 71.1 Å². The van der Waals surface area contributed by atoms with Crippen LogP contribution in [0.3, 0.4) is 0 Å². The molecule has 0 atom stereocenters. The van der Waals surface area contributed by atoms with Gasteiger partial charge in [0.2, 0.25) is 0 Å². The van der Waals surface area contributed by atoms with Crippen molar-refractivity contribution in [3.8, 4) is 0 Å². The van der Waals surface area contributed by atoms with Gasteiger partial charge in [0.15, 0.2) is 7.91 Å². The molecule has 0 spiro atoms. The first-order valence-electron chi connectivity index (χ1n) is 13.1. The molecule has 2 aromatic carbocycles. The van der Waals surface area contributed by atoms with Gasteiger partial charge in [0, 0.05) is 6.54 Å². The third-order valence-electron chi connectivity index (χ3n) is 6.66. The maximum absolute atomic E-state index is 5.77. The summed E-state index contributed by atoms with van der Waals surface area (Å²) in [6, 6.07) is 17.1. The minimum Gasteiger partial charge on any atom is -0.309 e. The molecule has 7 heteroatoms. The first kappa shape index (κ1) is 26.7. The summed E-state index contributed by atoms with van der Waals surface area (Å²) in [4.78, 5) is 2.52. The number of hydrogen-bond acceptors (Lipinski definition) is 5. The molecule has 2 aromatic heterocycles. The lowest BCUT2D eigenvalue weighted by Gasteiger charge is -2.24. The van der Waals surface area contributed by atoms with Gasteiger partial charge in [0.1, 0.15) is 0 Å². The van der Waals surface area contributed by atoms with Gasteiger partial charge in [-0.15, -0.1) is 22.7 Å². The van der Waals surface area contributed by atoms with E-state index in [0.717, 1.165) is 27.8 Å². The van der Waals surface area contributed by atoms with Crippen molar-refractivity contribution in [1.82, 2.24) is 14.0 Å². The number of benzene rings is 2. The number of aromatic nitrogens is 2. The van der Waals surface area contributed by atoms with Crippen LogP contribution in [-0.4, -0.2) is 20.6 Å². The number of para-hydroxylation sites is 2. The zero-order valence-corrected chi connectivity index (χ0v) is 24.1. The monoisotopic (exact) mass is 543 g/mol. The van der Waals surface area contributed by atoms with E-state index in [9.17, 15) is 0 Å². The van der Waals surface area contributed by atoms with Gasteiger partial charge in [-0.05, 0) is 55.1 Å². The van der Waals surface area contributed by atoms with Gasteiger partial charge >= 0.3 is 0 Å². The van der Waals surface area contributed by atoms with Crippen LogP contribution in [0.25, 0.3) is 20.4 Å². The highest BCUT2D eigenvalue weighted by molar-refractivity contribution is 7.74. The van der Waals surface area contributed by atoms with Gasteiger partial charge < -0.3 is 9.13 Å². The molecule has 4 rings (SSSR count). The van der Waals surface area contributed by atoms with Crippen molar-refractivity contribution in [1.29, 1.82) is 0 Å². The van der Waals surface area contributed by atoms with E-state index in [1.807, 2.05) is 0 Å². The normalized spacial score (nSPS) is 11.8. The van der Waals surface area contributed by atoms with E-state index < -0.39 is 0 Å². The molecule has 0 bridgehead atoms. The molecule has 0 aliphatic carbocycles. The van der Waals surface area contributed by atoms with E-state index in [-0.39, 0.29) is 0 Å². The van der Waals surface area contributed by atoms with Gasteiger partial charge in [0.25, 0.3) is 0 Å². The van der Waals surface area contributed by atoms with Crippen LogP contribution in [0, 0.1) is 7.91 Å². The molecular weight excluding hydrogens is 507 g/mol. The fraction of sp³-hybridized carbons (Fsp3) is 0.500. The van der Waals surface area contributed by atoms with E-state index in [1.54, 1.807) is 22.7 Å². The summed E-state index contributed by atoms with van der Waals surface area (Å²) >= 11 is 15.0. The van der Waals surface area contributed by atoms with E-state index in [0.29, 0.717) is 0 Å². The first-order valence-corrected chi connectivity index (χ1v) is 15.5. The van der Waals surface area contributed by atoms with Crippen LogP contribution < -0.4 is 0 Å². The number of hydrogen-bond donors (Lipinski definition) is 0. The highest BCUT2D eigenvalue weighted by Crippen LogP contribution is 2.26. The summed E-state index contributed by atoms with van der Waals surface area (Å²) in [5.41, 5.74) is 2.46. The molecule has 0 saturated carbocycles. The number of thiazole rings is 2. The lowest BCUT2D eigenvalue weighted by molar-refractivity contribution is 0.171. The van der Waals surface area contributed by atoms with Crippen molar-refractivity contribution < 1.29 is 0 Å². The van der Waals surface area contributed by atoms with Gasteiger partial charge in [-0.25, -0.2) is 0 Å². The molecule has 0 fully saturated rings. The van der Waals surface area contributed by atoms with Crippen LogP contribution in [-0.2, 0) is 13.3 Å². The van der Waals surface area contributed by atoms with Gasteiger partial charge in [-0.2, -0.15) is 0 Å². The van der Waals surface area contributed by atoms with E-state index in [1.165, 1.54) is 84.6 Å². The summed E-state index contributed by atoms with van der Waals surface area (Å²) in [6.45, 7) is 4.93. The van der Waals surface area contributed by atoms with Crippen LogP contribution in [0.4, 0.5) is 0 Å². The third-order valence-corrected chi connectivity index (χ3v) is 9.52. The van der Waals surface area contributed by atoms with Gasteiger partial charge in [0.05, 0.1) is 33.8 Å². The number of fused-ring (bicyclic) bond motifs is 2. The van der Waals surface area contributed by atoms with Crippen molar-refractivity contribution >= 4 is 67.5 Å². The van der Waals surface area contributed by atoms with Crippen LogP contribution in [0.15, 0.2) is 48.5 Å². The molecule has 35 heavy (non-hydrogen) atoms. The van der Waals surface area contributed by atoms with E-state index in [2.05, 4.69) is 69.5 Å². The average molecular weight is 544 g/mol. The molecule has 0 unspecified atom stereocenters. The molecule has 2 heterocycles. The fourth-order valence-corrected chi connectivity index (χ4v) is 7.32. The summed E-state index contributed by atoms with van der Waals surface area (Å²) in [6.07, 6.45) is 13.5. The Balaban J connectivity index is 1.40. The second-order valence-electron chi connectivity index (χ2n) is 9.39. The summed E-state index contributed by atoms with van der Waals surface area (Å²) in [7, 11) is 0. The SMILES string of the molecule is CCCCCCCCCCCCN(Cn1c(=S)sc2ccccc21)Cn1c(=S)sc2ccccc21. The van der Waals surface area contributed by atoms with Crippen molar-refractivity contribution in [3.05, 3.63) is 56.4 Å². The van der Waals surface area contributed by atoms with E-state index in [4.69, 9.17) is 24.4 Å². The number of nitrogens with zero attached hydrogens (tertiary/aromatic N) is 3. The Bertz CT molecular complexity index is 1220. The maximum Gasteiger partial charge on any atom is 0.163 e. The highest BCUT2D eigenvalue weighted by Gasteiger charge is 2.13. The van der Waals surface area contributed by atoms with Crippen LogP contribution in [0.2, 0.25) is 0 Å². The van der Waals surface area contributed by atoms with Crippen LogP contribution in [0.5, 0.6) is 0 Å². The predicted octanol–water partition coefficient (Wildman–Crippen LogP) is 10.0. The van der Waals surface area contributed by atoms with E-state index >= 15 is 0 Å². The fourth-order valence-electron chi connectivity index (χ4n) is 4.70. The molecule has 0 radical (unpaired) electrons. The molecule has 188 valence electrons. The Kier molecular flexibility index (Phi) is 10.5. The zero-order chi connectivity index (χ0) is 24.5. The second-order valence-corrected chi connectivity index (χ2v) is 12.7. The molecular formula is C28H37N3S4. The Morgan fingerprint density at radius 2 is 1.06 bits per heavy atom. The van der Waals surface area contributed by atoms with Crippen LogP contribution >= 0.6 is 47.1 Å². The Hall–Kier alpha value is -1.38. The third kappa shape index (κ3) is 7.32.